The Bertz CT molecular complexity index is 771. The Morgan fingerprint density at radius 1 is 1.24 bits per heavy atom. The minimum Gasteiger partial charge on any atom is -0.336 e. The normalized spacial score (nSPS) is 16.6. The van der Waals surface area contributed by atoms with Gasteiger partial charge in [0.15, 0.2) is 0 Å². The molecule has 1 aromatic heterocycles. The van der Waals surface area contributed by atoms with Gasteiger partial charge in [-0.25, -0.2) is 5.01 Å². The van der Waals surface area contributed by atoms with E-state index in [1.807, 2.05) is 47.8 Å². The van der Waals surface area contributed by atoms with Crippen molar-refractivity contribution in [3.05, 3.63) is 58.3 Å². The Balaban J connectivity index is 1.85. The number of thiophene rings is 1. The van der Waals surface area contributed by atoms with E-state index < -0.39 is 0 Å². The van der Waals surface area contributed by atoms with E-state index in [0.717, 1.165) is 16.2 Å². The Morgan fingerprint density at radius 2 is 2.00 bits per heavy atom. The highest BCUT2D eigenvalue weighted by Gasteiger charge is 2.33. The molecule has 0 saturated heterocycles. The topological polar surface area (TPSA) is 53.0 Å². The second kappa shape index (κ2) is 7.61. The van der Waals surface area contributed by atoms with Gasteiger partial charge in [-0.1, -0.05) is 43.3 Å². The van der Waals surface area contributed by atoms with Crippen molar-refractivity contribution in [3.63, 3.8) is 0 Å². The van der Waals surface area contributed by atoms with Gasteiger partial charge in [0, 0.05) is 19.9 Å². The summed E-state index contributed by atoms with van der Waals surface area (Å²) in [5.41, 5.74) is 1.97. The number of likely N-dealkylation sites (N-methyl/N-ethyl adjacent to an activating group) is 1. The zero-order valence-electron chi connectivity index (χ0n) is 14.4. The summed E-state index contributed by atoms with van der Waals surface area (Å²) in [5.74, 6) is -0.212. The number of benzene rings is 1. The van der Waals surface area contributed by atoms with Gasteiger partial charge in [-0.15, -0.1) is 11.3 Å². The number of nitrogens with zero attached hydrogens (tertiary/aromatic N) is 3. The molecule has 0 aliphatic carbocycles. The van der Waals surface area contributed by atoms with Crippen LogP contribution in [0.4, 0.5) is 0 Å². The van der Waals surface area contributed by atoms with E-state index >= 15 is 0 Å². The predicted molar refractivity (Wildman–Crippen MR) is 99.4 cm³/mol. The molecule has 0 saturated carbocycles. The highest BCUT2D eigenvalue weighted by molar-refractivity contribution is 7.12. The average Bonchev–Trinajstić information content (AvgIpc) is 3.31. The summed E-state index contributed by atoms with van der Waals surface area (Å²) in [6, 6.07) is 13.8. The van der Waals surface area contributed by atoms with Crippen LogP contribution in [0, 0.1) is 0 Å². The minimum absolute atomic E-state index is 0.0389. The number of carbonyl (C=O) groups excluding carboxylic acids is 2. The van der Waals surface area contributed by atoms with Crippen LogP contribution >= 0.6 is 11.3 Å². The van der Waals surface area contributed by atoms with Gasteiger partial charge in [-0.3, -0.25) is 9.59 Å². The monoisotopic (exact) mass is 355 g/mol. The fraction of sp³-hybridized carbons (Fsp3) is 0.316. The molecule has 1 unspecified atom stereocenters. The van der Waals surface area contributed by atoms with Gasteiger partial charge in [0.25, 0.3) is 5.91 Å². The molecule has 0 radical (unpaired) electrons. The lowest BCUT2D eigenvalue weighted by Gasteiger charge is -2.24. The zero-order chi connectivity index (χ0) is 17.8. The quantitative estimate of drug-likeness (QED) is 0.826. The second-order valence-electron chi connectivity index (χ2n) is 6.00. The number of hydrogen-bond donors (Lipinski definition) is 0. The summed E-state index contributed by atoms with van der Waals surface area (Å²) >= 11 is 1.62. The Kier molecular flexibility index (Phi) is 5.28. The molecule has 0 bridgehead atoms. The first-order valence-corrected chi connectivity index (χ1v) is 9.20. The maximum atomic E-state index is 12.8. The average molecular weight is 355 g/mol. The predicted octanol–water partition coefficient (Wildman–Crippen LogP) is 3.29. The standard InChI is InChI=1S/C19H21N3O2S/c1-3-18(23)21(2)13-19(24)22-16(14-8-5-4-6-9-14)12-15(20-22)17-10-7-11-25-17/h4-11,16H,3,12-13H2,1-2H3. The molecule has 6 heteroatoms. The third kappa shape index (κ3) is 3.79. The number of amides is 2. The lowest BCUT2D eigenvalue weighted by molar-refractivity contribution is -0.140. The van der Waals surface area contributed by atoms with Crippen molar-refractivity contribution in [3.8, 4) is 0 Å². The number of hydrogen-bond acceptors (Lipinski definition) is 4. The van der Waals surface area contributed by atoms with Crippen molar-refractivity contribution in [1.82, 2.24) is 9.91 Å². The first-order valence-electron chi connectivity index (χ1n) is 8.32. The molecule has 0 spiro atoms. The summed E-state index contributed by atoms with van der Waals surface area (Å²) < 4.78 is 0. The van der Waals surface area contributed by atoms with Crippen LogP contribution in [0.5, 0.6) is 0 Å². The summed E-state index contributed by atoms with van der Waals surface area (Å²) in [7, 11) is 1.65. The van der Waals surface area contributed by atoms with Gasteiger partial charge in [-0.05, 0) is 17.0 Å². The lowest BCUT2D eigenvalue weighted by Crippen LogP contribution is -2.38. The third-order valence-corrected chi connectivity index (χ3v) is 5.18. The smallest absolute Gasteiger partial charge is 0.262 e. The van der Waals surface area contributed by atoms with E-state index in [4.69, 9.17) is 0 Å². The molecule has 2 aromatic rings. The molecule has 3 rings (SSSR count). The van der Waals surface area contributed by atoms with Crippen LogP contribution in [0.1, 0.15) is 36.2 Å². The number of hydrazone groups is 1. The third-order valence-electron chi connectivity index (χ3n) is 4.26. The molecular weight excluding hydrogens is 334 g/mol. The Morgan fingerprint density at radius 3 is 2.64 bits per heavy atom. The van der Waals surface area contributed by atoms with Crippen molar-refractivity contribution in [2.75, 3.05) is 13.6 Å². The Hall–Kier alpha value is -2.47. The van der Waals surface area contributed by atoms with Gasteiger partial charge in [-0.2, -0.15) is 5.10 Å². The van der Waals surface area contributed by atoms with Gasteiger partial charge in [0.1, 0.15) is 6.54 Å². The lowest BCUT2D eigenvalue weighted by atomic mass is 10.0. The first kappa shape index (κ1) is 17.4. The van der Waals surface area contributed by atoms with Crippen LogP contribution in [0.25, 0.3) is 0 Å². The summed E-state index contributed by atoms with van der Waals surface area (Å²) in [5, 5.41) is 8.15. The largest absolute Gasteiger partial charge is 0.336 e. The fourth-order valence-electron chi connectivity index (χ4n) is 2.90. The van der Waals surface area contributed by atoms with Crippen molar-refractivity contribution in [2.45, 2.75) is 25.8 Å². The highest BCUT2D eigenvalue weighted by atomic mass is 32.1. The number of rotatable bonds is 5. The summed E-state index contributed by atoms with van der Waals surface area (Å²) in [6.45, 7) is 1.83. The van der Waals surface area contributed by atoms with Gasteiger partial charge in [0.2, 0.25) is 5.91 Å². The van der Waals surface area contributed by atoms with E-state index in [2.05, 4.69) is 5.10 Å². The zero-order valence-corrected chi connectivity index (χ0v) is 15.2. The van der Waals surface area contributed by atoms with Gasteiger partial charge >= 0.3 is 0 Å². The molecule has 1 aromatic carbocycles. The van der Waals surface area contributed by atoms with Crippen molar-refractivity contribution in [1.29, 1.82) is 0 Å². The van der Waals surface area contributed by atoms with Crippen molar-refractivity contribution < 1.29 is 9.59 Å². The molecule has 1 atom stereocenters. The molecule has 1 aliphatic rings. The van der Waals surface area contributed by atoms with Crippen LogP contribution in [0.3, 0.4) is 0 Å². The van der Waals surface area contributed by atoms with E-state index in [0.29, 0.717) is 12.8 Å². The Labute approximate surface area is 151 Å². The van der Waals surface area contributed by atoms with E-state index in [1.54, 1.807) is 30.3 Å². The molecular formula is C19H21N3O2S. The van der Waals surface area contributed by atoms with Gasteiger partial charge < -0.3 is 4.90 Å². The molecule has 1 aliphatic heterocycles. The summed E-state index contributed by atoms with van der Waals surface area (Å²) in [6.07, 6.45) is 1.07. The maximum absolute atomic E-state index is 12.8. The van der Waals surface area contributed by atoms with Crippen molar-refractivity contribution in [2.24, 2.45) is 5.10 Å². The molecule has 0 N–H and O–H groups in total. The molecule has 2 amide bonds. The highest BCUT2D eigenvalue weighted by Crippen LogP contribution is 2.33. The van der Waals surface area contributed by atoms with E-state index in [9.17, 15) is 9.59 Å². The van der Waals surface area contributed by atoms with Crippen LogP contribution in [0.15, 0.2) is 52.9 Å². The second-order valence-corrected chi connectivity index (χ2v) is 6.94. The molecule has 5 nitrogen and oxygen atoms in total. The van der Waals surface area contributed by atoms with E-state index in [1.165, 1.54) is 4.90 Å². The van der Waals surface area contributed by atoms with Gasteiger partial charge in [0.05, 0.1) is 16.6 Å². The van der Waals surface area contributed by atoms with E-state index in [-0.39, 0.29) is 24.4 Å². The molecule has 25 heavy (non-hydrogen) atoms. The van der Waals surface area contributed by atoms with Crippen LogP contribution in [-0.2, 0) is 9.59 Å². The molecule has 130 valence electrons. The molecule has 2 heterocycles. The SMILES string of the molecule is CCC(=O)N(C)CC(=O)N1N=C(c2cccs2)CC1c1ccccc1. The van der Waals surface area contributed by atoms with Crippen LogP contribution < -0.4 is 0 Å². The van der Waals surface area contributed by atoms with Crippen LogP contribution in [-0.4, -0.2) is 41.0 Å². The number of carbonyl (C=O) groups is 2. The maximum Gasteiger partial charge on any atom is 0.262 e. The van der Waals surface area contributed by atoms with Crippen LogP contribution in [0.2, 0.25) is 0 Å². The summed E-state index contributed by atoms with van der Waals surface area (Å²) in [4.78, 5) is 27.1. The first-order chi connectivity index (χ1) is 12.1. The molecule has 0 fully saturated rings. The van der Waals surface area contributed by atoms with Crippen molar-refractivity contribution >= 4 is 28.9 Å². The fourth-order valence-corrected chi connectivity index (χ4v) is 3.62. The minimum atomic E-state index is -0.162.